The Kier molecular flexibility index (Phi) is 4.61. The van der Waals surface area contributed by atoms with Crippen LogP contribution >= 0.6 is 0 Å². The minimum atomic E-state index is -0.175. The van der Waals surface area contributed by atoms with Crippen molar-refractivity contribution in [3.8, 4) is 5.75 Å². The molecule has 1 heterocycles. The van der Waals surface area contributed by atoms with E-state index in [0.717, 1.165) is 6.42 Å². The van der Waals surface area contributed by atoms with Crippen LogP contribution in [-0.4, -0.2) is 52.9 Å². The van der Waals surface area contributed by atoms with Gasteiger partial charge in [0.25, 0.3) is 5.91 Å². The SMILES string of the molecule is CCCC(=O)N1CCN(C(=O)c2ccccc2O)CC1. The molecular formula is C15H20N2O3. The Labute approximate surface area is 118 Å². The topological polar surface area (TPSA) is 60.9 Å². The third-order valence-electron chi connectivity index (χ3n) is 3.52. The van der Waals surface area contributed by atoms with Crippen molar-refractivity contribution < 1.29 is 14.7 Å². The van der Waals surface area contributed by atoms with E-state index in [2.05, 4.69) is 0 Å². The lowest BCUT2D eigenvalue weighted by Gasteiger charge is -2.35. The number of carbonyl (C=O) groups is 2. The fourth-order valence-electron chi connectivity index (χ4n) is 2.36. The van der Waals surface area contributed by atoms with E-state index in [1.54, 1.807) is 28.0 Å². The van der Waals surface area contributed by atoms with Gasteiger partial charge in [-0.3, -0.25) is 9.59 Å². The molecule has 1 saturated heterocycles. The summed E-state index contributed by atoms with van der Waals surface area (Å²) in [6.07, 6.45) is 1.41. The fourth-order valence-corrected chi connectivity index (χ4v) is 2.36. The van der Waals surface area contributed by atoms with Gasteiger partial charge in [-0.25, -0.2) is 0 Å². The van der Waals surface area contributed by atoms with Crippen LogP contribution in [0.4, 0.5) is 0 Å². The van der Waals surface area contributed by atoms with Crippen LogP contribution in [0.3, 0.4) is 0 Å². The van der Waals surface area contributed by atoms with Gasteiger partial charge < -0.3 is 14.9 Å². The summed E-state index contributed by atoms with van der Waals surface area (Å²) in [5.74, 6) is -0.0187. The molecule has 0 saturated carbocycles. The van der Waals surface area contributed by atoms with Gasteiger partial charge in [-0.2, -0.15) is 0 Å². The van der Waals surface area contributed by atoms with Gasteiger partial charge in [0.2, 0.25) is 5.91 Å². The van der Waals surface area contributed by atoms with Crippen LogP contribution < -0.4 is 0 Å². The van der Waals surface area contributed by atoms with Crippen LogP contribution in [-0.2, 0) is 4.79 Å². The first-order valence-corrected chi connectivity index (χ1v) is 6.98. The molecule has 5 nitrogen and oxygen atoms in total. The third-order valence-corrected chi connectivity index (χ3v) is 3.52. The molecule has 1 aliphatic rings. The van der Waals surface area contributed by atoms with Crippen LogP contribution in [0.1, 0.15) is 30.1 Å². The molecular weight excluding hydrogens is 256 g/mol. The highest BCUT2D eigenvalue weighted by atomic mass is 16.3. The van der Waals surface area contributed by atoms with E-state index >= 15 is 0 Å². The molecule has 0 aromatic heterocycles. The van der Waals surface area contributed by atoms with Gasteiger partial charge in [0.15, 0.2) is 0 Å². The normalized spacial score (nSPS) is 15.2. The number of hydrogen-bond donors (Lipinski definition) is 1. The molecule has 0 bridgehead atoms. The second-order valence-corrected chi connectivity index (χ2v) is 4.94. The van der Waals surface area contributed by atoms with E-state index in [1.165, 1.54) is 6.07 Å². The van der Waals surface area contributed by atoms with Crippen molar-refractivity contribution in [1.82, 2.24) is 9.80 Å². The summed E-state index contributed by atoms with van der Waals surface area (Å²) < 4.78 is 0. The monoisotopic (exact) mass is 276 g/mol. The summed E-state index contributed by atoms with van der Waals surface area (Å²) in [5.41, 5.74) is 0.320. The van der Waals surface area contributed by atoms with Crippen molar-refractivity contribution in [2.45, 2.75) is 19.8 Å². The first kappa shape index (κ1) is 14.4. The molecule has 1 N–H and O–H groups in total. The summed E-state index contributed by atoms with van der Waals surface area (Å²) in [5, 5.41) is 9.71. The average molecular weight is 276 g/mol. The fraction of sp³-hybridized carbons (Fsp3) is 0.467. The maximum atomic E-state index is 12.3. The Morgan fingerprint density at radius 1 is 1.10 bits per heavy atom. The smallest absolute Gasteiger partial charge is 0.257 e. The number of rotatable bonds is 3. The standard InChI is InChI=1S/C15H20N2O3/c1-2-5-14(19)16-8-10-17(11-9-16)15(20)12-6-3-4-7-13(12)18/h3-4,6-7,18H,2,5,8-11H2,1H3. The number of para-hydroxylation sites is 1. The summed E-state index contributed by atoms with van der Waals surface area (Å²) in [4.78, 5) is 27.6. The largest absolute Gasteiger partial charge is 0.507 e. The number of piperazine rings is 1. The number of phenols is 1. The Morgan fingerprint density at radius 2 is 1.70 bits per heavy atom. The van der Waals surface area contributed by atoms with Gasteiger partial charge in [-0.15, -0.1) is 0 Å². The lowest BCUT2D eigenvalue weighted by Crippen LogP contribution is -2.50. The van der Waals surface area contributed by atoms with Gasteiger partial charge >= 0.3 is 0 Å². The molecule has 0 aliphatic carbocycles. The number of carbonyl (C=O) groups excluding carboxylic acids is 2. The highest BCUT2D eigenvalue weighted by Crippen LogP contribution is 2.18. The predicted molar refractivity (Wildman–Crippen MR) is 75.5 cm³/mol. The molecule has 5 heteroatoms. The van der Waals surface area contributed by atoms with Gasteiger partial charge in [0.05, 0.1) is 5.56 Å². The second-order valence-electron chi connectivity index (χ2n) is 4.94. The van der Waals surface area contributed by atoms with Crippen LogP contribution in [0.2, 0.25) is 0 Å². The predicted octanol–water partition coefficient (Wildman–Crippen LogP) is 1.48. The van der Waals surface area contributed by atoms with Crippen molar-refractivity contribution in [2.75, 3.05) is 26.2 Å². The minimum Gasteiger partial charge on any atom is -0.507 e. The van der Waals surface area contributed by atoms with E-state index < -0.39 is 0 Å². The van der Waals surface area contributed by atoms with Crippen molar-refractivity contribution in [2.24, 2.45) is 0 Å². The van der Waals surface area contributed by atoms with Gasteiger partial charge in [-0.1, -0.05) is 19.1 Å². The maximum absolute atomic E-state index is 12.3. The third kappa shape index (κ3) is 3.10. The van der Waals surface area contributed by atoms with E-state index in [1.807, 2.05) is 6.92 Å². The van der Waals surface area contributed by atoms with Crippen molar-refractivity contribution >= 4 is 11.8 Å². The first-order valence-electron chi connectivity index (χ1n) is 6.98. The zero-order valence-electron chi connectivity index (χ0n) is 11.7. The number of hydrogen-bond acceptors (Lipinski definition) is 3. The summed E-state index contributed by atoms with van der Waals surface area (Å²) in [7, 11) is 0. The molecule has 1 aliphatic heterocycles. The lowest BCUT2D eigenvalue weighted by molar-refractivity contribution is -0.132. The number of phenolic OH excluding ortho intramolecular Hbond substituents is 1. The summed E-state index contributed by atoms with van der Waals surface area (Å²) in [6, 6.07) is 6.54. The number of amides is 2. The van der Waals surface area contributed by atoms with Crippen molar-refractivity contribution in [3.05, 3.63) is 29.8 Å². The molecule has 1 aromatic carbocycles. The zero-order valence-corrected chi connectivity index (χ0v) is 11.7. The molecule has 108 valence electrons. The molecule has 20 heavy (non-hydrogen) atoms. The van der Waals surface area contributed by atoms with E-state index in [0.29, 0.717) is 38.2 Å². The van der Waals surface area contributed by atoms with E-state index in [-0.39, 0.29) is 17.6 Å². The van der Waals surface area contributed by atoms with E-state index in [4.69, 9.17) is 0 Å². The van der Waals surface area contributed by atoms with E-state index in [9.17, 15) is 14.7 Å². The van der Waals surface area contributed by atoms with Crippen molar-refractivity contribution in [3.63, 3.8) is 0 Å². The number of aromatic hydroxyl groups is 1. The molecule has 1 fully saturated rings. The Hall–Kier alpha value is -2.04. The summed E-state index contributed by atoms with van der Waals surface area (Å²) >= 11 is 0. The number of nitrogens with zero attached hydrogens (tertiary/aromatic N) is 2. The highest BCUT2D eigenvalue weighted by molar-refractivity contribution is 5.97. The lowest BCUT2D eigenvalue weighted by atomic mass is 10.1. The highest BCUT2D eigenvalue weighted by Gasteiger charge is 2.25. The van der Waals surface area contributed by atoms with Gasteiger partial charge in [-0.05, 0) is 18.6 Å². The Morgan fingerprint density at radius 3 is 2.30 bits per heavy atom. The Bertz CT molecular complexity index is 494. The molecule has 0 spiro atoms. The molecule has 1 aromatic rings. The minimum absolute atomic E-state index is 0.00184. The molecule has 0 unspecified atom stereocenters. The Balaban J connectivity index is 1.96. The van der Waals surface area contributed by atoms with Crippen LogP contribution in [0.25, 0.3) is 0 Å². The summed E-state index contributed by atoms with van der Waals surface area (Å²) in [6.45, 7) is 4.15. The van der Waals surface area contributed by atoms with Crippen LogP contribution in [0, 0.1) is 0 Å². The molecule has 2 rings (SSSR count). The average Bonchev–Trinajstić information content (AvgIpc) is 2.47. The molecule has 0 radical (unpaired) electrons. The second kappa shape index (κ2) is 6.41. The van der Waals surface area contributed by atoms with Gasteiger partial charge in [0, 0.05) is 32.6 Å². The maximum Gasteiger partial charge on any atom is 0.257 e. The number of benzene rings is 1. The first-order chi connectivity index (χ1) is 9.63. The van der Waals surface area contributed by atoms with Gasteiger partial charge in [0.1, 0.15) is 5.75 Å². The quantitative estimate of drug-likeness (QED) is 0.909. The molecule has 0 atom stereocenters. The van der Waals surface area contributed by atoms with Crippen LogP contribution in [0.15, 0.2) is 24.3 Å². The van der Waals surface area contributed by atoms with Crippen LogP contribution in [0.5, 0.6) is 5.75 Å². The zero-order chi connectivity index (χ0) is 14.5. The molecule has 2 amide bonds. The van der Waals surface area contributed by atoms with Crippen molar-refractivity contribution in [1.29, 1.82) is 0 Å².